The van der Waals surface area contributed by atoms with Crippen LogP contribution in [0.5, 0.6) is 0 Å². The van der Waals surface area contributed by atoms with Gasteiger partial charge in [0.05, 0.1) is 20.1 Å². The predicted octanol–water partition coefficient (Wildman–Crippen LogP) is 2.16. The van der Waals surface area contributed by atoms with Crippen LogP contribution in [-0.4, -0.2) is 49.4 Å². The number of carbonyl (C=O) groups is 2. The van der Waals surface area contributed by atoms with Crippen LogP contribution in [0.2, 0.25) is 0 Å². The summed E-state index contributed by atoms with van der Waals surface area (Å²) in [7, 11) is 1.32. The molecular weight excluding hydrogens is 348 g/mol. The highest BCUT2D eigenvalue weighted by molar-refractivity contribution is 5.75. The Bertz CT molecular complexity index is 571. The number of carboxylic acids is 1. The molecule has 0 bridgehead atoms. The third-order valence-corrected chi connectivity index (χ3v) is 4.01. The van der Waals surface area contributed by atoms with E-state index >= 15 is 0 Å². The summed E-state index contributed by atoms with van der Waals surface area (Å²) < 4.78 is 4.82. The molecule has 0 radical (unpaired) electrons. The van der Waals surface area contributed by atoms with E-state index in [9.17, 15) is 9.59 Å². The minimum atomic E-state index is -0.902. The summed E-state index contributed by atoms with van der Waals surface area (Å²) in [5, 5.41) is 12.3. The zero-order valence-corrected chi connectivity index (χ0v) is 16.7. The first-order valence-electron chi connectivity index (χ1n) is 9.15. The molecule has 0 aliphatic carbocycles. The number of benzene rings is 1. The quantitative estimate of drug-likeness (QED) is 0.378. The molecule has 0 saturated heterocycles. The second-order valence-electron chi connectivity index (χ2n) is 7.75. The second-order valence-corrected chi connectivity index (χ2v) is 7.75. The maximum Gasteiger partial charge on any atom is 0.325 e. The number of esters is 1. The summed E-state index contributed by atoms with van der Waals surface area (Å²) in [6.45, 7) is 7.20. The number of aliphatic carboxylic acids is 1. The number of nitrogens with one attached hydrogen (secondary N) is 2. The molecule has 3 N–H and O–H groups in total. The maximum atomic E-state index is 12.0. The highest BCUT2D eigenvalue weighted by atomic mass is 16.6. The topological polar surface area (TPSA) is 96.9 Å². The standard InChI is InChI=1S/C20H32N2O5/c1-20(2,3)10-11-21-16(13-18(23)24)14-27-22-17(19(25)26-4)12-15-8-6-5-7-9-15/h5-9,16-17,21-22H,10-14H2,1-4H3,(H,23,24). The number of carboxylic acid groups (broad SMARTS) is 1. The molecule has 152 valence electrons. The van der Waals surface area contributed by atoms with E-state index in [1.165, 1.54) is 7.11 Å². The molecule has 7 nitrogen and oxygen atoms in total. The third-order valence-electron chi connectivity index (χ3n) is 4.01. The minimum absolute atomic E-state index is 0.0621. The fraction of sp³-hybridized carbons (Fsp3) is 0.600. The number of ether oxygens (including phenoxy) is 1. The van der Waals surface area contributed by atoms with E-state index in [4.69, 9.17) is 14.7 Å². The van der Waals surface area contributed by atoms with Gasteiger partial charge in [0.1, 0.15) is 6.04 Å². The van der Waals surface area contributed by atoms with E-state index in [1.807, 2.05) is 30.3 Å². The zero-order chi connectivity index (χ0) is 20.3. The van der Waals surface area contributed by atoms with Crippen molar-refractivity contribution >= 4 is 11.9 Å². The Morgan fingerprint density at radius 3 is 2.41 bits per heavy atom. The van der Waals surface area contributed by atoms with Gasteiger partial charge in [0.15, 0.2) is 0 Å². The Morgan fingerprint density at radius 2 is 1.85 bits per heavy atom. The van der Waals surface area contributed by atoms with E-state index in [0.29, 0.717) is 13.0 Å². The summed E-state index contributed by atoms with van der Waals surface area (Å²) >= 11 is 0. The van der Waals surface area contributed by atoms with Crippen LogP contribution < -0.4 is 10.8 Å². The maximum absolute atomic E-state index is 12.0. The smallest absolute Gasteiger partial charge is 0.325 e. The van der Waals surface area contributed by atoms with Crippen molar-refractivity contribution in [2.75, 3.05) is 20.3 Å². The van der Waals surface area contributed by atoms with E-state index in [1.54, 1.807) is 0 Å². The van der Waals surface area contributed by atoms with Crippen molar-refractivity contribution < 1.29 is 24.3 Å². The van der Waals surface area contributed by atoms with Crippen LogP contribution in [0.4, 0.5) is 0 Å². The van der Waals surface area contributed by atoms with Crippen molar-refractivity contribution in [3.8, 4) is 0 Å². The molecule has 0 aromatic heterocycles. The number of hydroxylamine groups is 1. The molecule has 2 unspecified atom stereocenters. The lowest BCUT2D eigenvalue weighted by atomic mass is 9.92. The van der Waals surface area contributed by atoms with Gasteiger partial charge in [-0.2, -0.15) is 5.48 Å². The Hall–Kier alpha value is -1.96. The third kappa shape index (κ3) is 10.7. The van der Waals surface area contributed by atoms with Crippen molar-refractivity contribution in [2.45, 2.75) is 52.1 Å². The van der Waals surface area contributed by atoms with Gasteiger partial charge in [0.2, 0.25) is 0 Å². The average Bonchev–Trinajstić information content (AvgIpc) is 2.59. The summed E-state index contributed by atoms with van der Waals surface area (Å²) in [4.78, 5) is 28.5. The predicted molar refractivity (Wildman–Crippen MR) is 103 cm³/mol. The molecule has 1 rings (SSSR count). The Labute approximate surface area is 161 Å². The van der Waals surface area contributed by atoms with Crippen molar-refractivity contribution in [2.24, 2.45) is 5.41 Å². The van der Waals surface area contributed by atoms with Crippen LogP contribution >= 0.6 is 0 Å². The lowest BCUT2D eigenvalue weighted by Gasteiger charge is -2.23. The van der Waals surface area contributed by atoms with Gasteiger partial charge in [0.25, 0.3) is 0 Å². The first-order chi connectivity index (χ1) is 12.7. The first kappa shape index (κ1) is 23.1. The normalized spacial score (nSPS) is 13.8. The van der Waals surface area contributed by atoms with Crippen molar-refractivity contribution in [3.63, 3.8) is 0 Å². The molecule has 7 heteroatoms. The lowest BCUT2D eigenvalue weighted by molar-refractivity contribution is -0.148. The zero-order valence-electron chi connectivity index (χ0n) is 16.7. The number of rotatable bonds is 12. The SMILES string of the molecule is COC(=O)C(Cc1ccccc1)NOCC(CC(=O)O)NCCC(C)(C)C. The molecule has 1 aromatic carbocycles. The van der Waals surface area contributed by atoms with Crippen LogP contribution in [0.1, 0.15) is 39.2 Å². The van der Waals surface area contributed by atoms with Gasteiger partial charge in [0, 0.05) is 12.5 Å². The molecule has 2 atom stereocenters. The number of methoxy groups -OCH3 is 1. The van der Waals surface area contributed by atoms with Gasteiger partial charge in [-0.15, -0.1) is 0 Å². The molecule has 0 fully saturated rings. The molecule has 1 aromatic rings. The summed E-state index contributed by atoms with van der Waals surface area (Å²) in [5.74, 6) is -1.34. The van der Waals surface area contributed by atoms with Crippen molar-refractivity contribution in [1.82, 2.24) is 10.8 Å². The van der Waals surface area contributed by atoms with Gasteiger partial charge < -0.3 is 15.2 Å². The summed E-state index contributed by atoms with van der Waals surface area (Å²) in [6, 6.07) is 8.50. The fourth-order valence-electron chi connectivity index (χ4n) is 2.47. The Morgan fingerprint density at radius 1 is 1.19 bits per heavy atom. The molecule has 27 heavy (non-hydrogen) atoms. The lowest BCUT2D eigenvalue weighted by Crippen LogP contribution is -2.44. The van der Waals surface area contributed by atoms with Gasteiger partial charge in [-0.1, -0.05) is 51.1 Å². The average molecular weight is 380 g/mol. The fourth-order valence-corrected chi connectivity index (χ4v) is 2.47. The van der Waals surface area contributed by atoms with E-state index < -0.39 is 18.0 Å². The molecular formula is C20H32N2O5. The minimum Gasteiger partial charge on any atom is -0.481 e. The van der Waals surface area contributed by atoms with Crippen molar-refractivity contribution in [1.29, 1.82) is 0 Å². The molecule has 0 amide bonds. The van der Waals surface area contributed by atoms with Gasteiger partial charge in [-0.25, -0.2) is 0 Å². The largest absolute Gasteiger partial charge is 0.481 e. The van der Waals surface area contributed by atoms with E-state index in [-0.39, 0.29) is 24.5 Å². The molecule has 0 heterocycles. The van der Waals surface area contributed by atoms with Gasteiger partial charge in [-0.05, 0) is 23.9 Å². The number of hydrogen-bond donors (Lipinski definition) is 3. The molecule has 0 aliphatic rings. The first-order valence-corrected chi connectivity index (χ1v) is 9.15. The van der Waals surface area contributed by atoms with E-state index in [0.717, 1.165) is 12.0 Å². The Balaban J connectivity index is 2.54. The Kier molecular flexibility index (Phi) is 9.99. The van der Waals surface area contributed by atoms with Gasteiger partial charge in [-0.3, -0.25) is 14.4 Å². The number of carbonyl (C=O) groups excluding carboxylic acids is 1. The number of hydrogen-bond acceptors (Lipinski definition) is 6. The van der Waals surface area contributed by atoms with Gasteiger partial charge >= 0.3 is 11.9 Å². The summed E-state index contributed by atoms with van der Waals surface area (Å²) in [5.41, 5.74) is 3.85. The van der Waals surface area contributed by atoms with E-state index in [2.05, 4.69) is 31.6 Å². The van der Waals surface area contributed by atoms with Crippen LogP contribution in [0.15, 0.2) is 30.3 Å². The monoisotopic (exact) mass is 380 g/mol. The molecule has 0 aliphatic heterocycles. The van der Waals surface area contributed by atoms with Crippen LogP contribution in [0.25, 0.3) is 0 Å². The molecule has 0 saturated carbocycles. The summed E-state index contributed by atoms with van der Waals surface area (Å²) in [6.07, 6.45) is 1.26. The molecule has 0 spiro atoms. The highest BCUT2D eigenvalue weighted by Gasteiger charge is 2.21. The van der Waals surface area contributed by atoms with Crippen LogP contribution in [-0.2, 0) is 25.6 Å². The second kappa shape index (κ2) is 11.7. The van der Waals surface area contributed by atoms with Crippen molar-refractivity contribution in [3.05, 3.63) is 35.9 Å². The highest BCUT2D eigenvalue weighted by Crippen LogP contribution is 2.17. The van der Waals surface area contributed by atoms with Crippen LogP contribution in [0, 0.1) is 5.41 Å². The van der Waals surface area contributed by atoms with Crippen LogP contribution in [0.3, 0.4) is 0 Å².